The van der Waals surface area contributed by atoms with E-state index >= 15 is 0 Å². The highest BCUT2D eigenvalue weighted by atomic mass is 16.4. The second kappa shape index (κ2) is 19.9. The molecule has 0 aromatic rings. The van der Waals surface area contributed by atoms with Crippen molar-refractivity contribution in [3.8, 4) is 0 Å². The van der Waals surface area contributed by atoms with E-state index in [1.165, 1.54) is 0 Å². The van der Waals surface area contributed by atoms with Gasteiger partial charge in [-0.25, -0.2) is 14.4 Å². The fraction of sp³-hybridized carbons (Fsp3) is 0.680. The Morgan fingerprint density at radius 2 is 1.00 bits per heavy atom. The number of carboxylic acids is 4. The van der Waals surface area contributed by atoms with E-state index in [1.54, 1.807) is 6.92 Å². The number of hydrogen-bond donors (Lipinski definition) is 7. The van der Waals surface area contributed by atoms with Crippen molar-refractivity contribution in [2.45, 2.75) is 109 Å². The Labute approximate surface area is 231 Å². The van der Waals surface area contributed by atoms with E-state index in [-0.39, 0.29) is 62.4 Å². The van der Waals surface area contributed by atoms with Crippen molar-refractivity contribution in [2.75, 3.05) is 0 Å². The SMILES string of the molecule is CCC(=O)C(CCC(=O)O)NC(=O)CCCCCCC(=O)CCC(NC(=O)NC(CCC(=O)O)C(=O)O)C(=O)O. The van der Waals surface area contributed by atoms with Crippen LogP contribution >= 0.6 is 0 Å². The zero-order valence-electron chi connectivity index (χ0n) is 22.5. The van der Waals surface area contributed by atoms with Crippen molar-refractivity contribution < 1.29 is 58.8 Å². The van der Waals surface area contributed by atoms with Gasteiger partial charge in [0, 0.05) is 38.5 Å². The van der Waals surface area contributed by atoms with Crippen LogP contribution < -0.4 is 16.0 Å². The number of hydrogen-bond acceptors (Lipinski definition) is 8. The first-order valence-electron chi connectivity index (χ1n) is 13.1. The first-order valence-corrected chi connectivity index (χ1v) is 13.1. The van der Waals surface area contributed by atoms with Crippen LogP contribution in [0.25, 0.3) is 0 Å². The van der Waals surface area contributed by atoms with E-state index < -0.39 is 60.9 Å². The third-order valence-electron chi connectivity index (χ3n) is 5.89. The van der Waals surface area contributed by atoms with Crippen LogP contribution in [-0.4, -0.2) is 85.9 Å². The lowest BCUT2D eigenvalue weighted by molar-refractivity contribution is -0.141. The summed E-state index contributed by atoms with van der Waals surface area (Å²) in [5.74, 6) is -6.07. The summed E-state index contributed by atoms with van der Waals surface area (Å²) in [4.78, 5) is 92.1. The highest BCUT2D eigenvalue weighted by molar-refractivity contribution is 5.89. The number of carboxylic acid groups (broad SMARTS) is 4. The molecule has 0 bridgehead atoms. The molecule has 3 atom stereocenters. The van der Waals surface area contributed by atoms with Crippen LogP contribution in [0.2, 0.25) is 0 Å². The number of rotatable bonds is 23. The van der Waals surface area contributed by atoms with Crippen molar-refractivity contribution in [1.82, 2.24) is 16.0 Å². The van der Waals surface area contributed by atoms with Gasteiger partial charge in [-0.1, -0.05) is 19.8 Å². The highest BCUT2D eigenvalue weighted by Crippen LogP contribution is 2.10. The molecule has 0 aliphatic rings. The molecule has 0 rings (SSSR count). The molecule has 0 fully saturated rings. The molecule has 226 valence electrons. The summed E-state index contributed by atoms with van der Waals surface area (Å²) in [6, 6.07) is -4.95. The summed E-state index contributed by atoms with van der Waals surface area (Å²) in [5, 5.41) is 42.5. The molecule has 0 saturated heterocycles. The number of unbranched alkanes of at least 4 members (excludes halogenated alkanes) is 3. The summed E-state index contributed by atoms with van der Waals surface area (Å²) < 4.78 is 0. The van der Waals surface area contributed by atoms with Crippen molar-refractivity contribution in [3.05, 3.63) is 0 Å². The molecule has 40 heavy (non-hydrogen) atoms. The molecule has 0 aromatic heterocycles. The monoisotopic (exact) mass is 573 g/mol. The van der Waals surface area contributed by atoms with E-state index in [1.807, 2.05) is 5.32 Å². The predicted octanol–water partition coefficient (Wildman–Crippen LogP) is 1.08. The molecule has 7 N–H and O–H groups in total. The Bertz CT molecular complexity index is 921. The molecule has 0 aromatic carbocycles. The lowest BCUT2D eigenvalue weighted by Gasteiger charge is -2.18. The molecule has 0 aliphatic carbocycles. The van der Waals surface area contributed by atoms with Crippen LogP contribution in [-0.2, 0) is 33.6 Å². The minimum absolute atomic E-state index is 0.0223. The van der Waals surface area contributed by atoms with E-state index in [0.29, 0.717) is 25.7 Å². The molecule has 3 unspecified atom stereocenters. The Balaban J connectivity index is 4.35. The van der Waals surface area contributed by atoms with E-state index in [2.05, 4.69) is 10.6 Å². The average molecular weight is 574 g/mol. The topological polar surface area (TPSA) is 254 Å². The largest absolute Gasteiger partial charge is 0.481 e. The Morgan fingerprint density at radius 1 is 0.550 bits per heavy atom. The fourth-order valence-electron chi connectivity index (χ4n) is 3.63. The van der Waals surface area contributed by atoms with Gasteiger partial charge in [0.2, 0.25) is 5.91 Å². The Kier molecular flexibility index (Phi) is 17.9. The molecular weight excluding hydrogens is 534 g/mol. The standard InChI is InChI=1S/C25H39N3O12/c1-2-19(30)16(11-13-21(32)33)26-20(31)8-6-4-3-5-7-15(29)9-10-17(23(36)37)27-25(40)28-18(24(38)39)12-14-22(34)35/h16-18H,2-14H2,1H3,(H,26,31)(H,32,33)(H,34,35)(H,36,37)(H,38,39)(H2,27,28,40). The first kappa shape index (κ1) is 36.0. The second-order valence-electron chi connectivity index (χ2n) is 9.20. The van der Waals surface area contributed by atoms with Crippen molar-refractivity contribution >= 4 is 47.4 Å². The molecular formula is C25H39N3O12. The van der Waals surface area contributed by atoms with E-state index in [4.69, 9.17) is 15.3 Å². The quantitative estimate of drug-likeness (QED) is 0.0847. The maximum atomic E-state index is 12.1. The number of carbonyl (C=O) groups excluding carboxylic acids is 4. The van der Waals surface area contributed by atoms with Crippen LogP contribution in [0.15, 0.2) is 0 Å². The van der Waals surface area contributed by atoms with E-state index in [9.17, 15) is 43.5 Å². The zero-order valence-corrected chi connectivity index (χ0v) is 22.5. The lowest BCUT2D eigenvalue weighted by Crippen LogP contribution is -2.51. The van der Waals surface area contributed by atoms with Gasteiger partial charge in [0.25, 0.3) is 0 Å². The predicted molar refractivity (Wildman–Crippen MR) is 137 cm³/mol. The molecule has 0 heterocycles. The van der Waals surface area contributed by atoms with Crippen molar-refractivity contribution in [3.63, 3.8) is 0 Å². The maximum Gasteiger partial charge on any atom is 0.326 e. The number of amides is 3. The minimum Gasteiger partial charge on any atom is -0.481 e. The van der Waals surface area contributed by atoms with Crippen LogP contribution in [0.3, 0.4) is 0 Å². The number of urea groups is 1. The summed E-state index contributed by atoms with van der Waals surface area (Å²) in [6.07, 6.45) is 1.19. The van der Waals surface area contributed by atoms with Gasteiger partial charge in [-0.3, -0.25) is 24.0 Å². The van der Waals surface area contributed by atoms with Crippen LogP contribution in [0, 0.1) is 0 Å². The summed E-state index contributed by atoms with van der Waals surface area (Å²) in [5.41, 5.74) is 0. The third-order valence-corrected chi connectivity index (χ3v) is 5.89. The number of carbonyl (C=O) groups is 8. The second-order valence-corrected chi connectivity index (χ2v) is 9.20. The first-order chi connectivity index (χ1) is 18.8. The smallest absolute Gasteiger partial charge is 0.326 e. The molecule has 0 saturated carbocycles. The average Bonchev–Trinajstić information content (AvgIpc) is 2.87. The normalized spacial score (nSPS) is 12.8. The van der Waals surface area contributed by atoms with Crippen LogP contribution in [0.5, 0.6) is 0 Å². The molecule has 15 heteroatoms. The van der Waals surface area contributed by atoms with Gasteiger partial charge in [0.1, 0.15) is 17.9 Å². The minimum atomic E-state index is -1.53. The number of nitrogens with one attached hydrogen (secondary N) is 3. The summed E-state index contributed by atoms with van der Waals surface area (Å²) in [7, 11) is 0. The molecule has 0 aliphatic heterocycles. The molecule has 0 radical (unpaired) electrons. The lowest BCUT2D eigenvalue weighted by atomic mass is 10.0. The number of aliphatic carboxylic acids is 4. The van der Waals surface area contributed by atoms with Gasteiger partial charge in [-0.15, -0.1) is 0 Å². The van der Waals surface area contributed by atoms with Crippen molar-refractivity contribution in [2.24, 2.45) is 0 Å². The number of ketones is 2. The molecule has 15 nitrogen and oxygen atoms in total. The third kappa shape index (κ3) is 17.5. The number of Topliss-reactive ketones (excluding diaryl/α,β-unsaturated/α-hetero) is 2. The van der Waals surface area contributed by atoms with Gasteiger partial charge >= 0.3 is 29.9 Å². The van der Waals surface area contributed by atoms with Crippen LogP contribution in [0.4, 0.5) is 4.79 Å². The van der Waals surface area contributed by atoms with Crippen LogP contribution in [0.1, 0.15) is 90.4 Å². The Morgan fingerprint density at radius 3 is 1.45 bits per heavy atom. The maximum absolute atomic E-state index is 12.1. The van der Waals surface area contributed by atoms with Gasteiger partial charge in [0.15, 0.2) is 5.78 Å². The van der Waals surface area contributed by atoms with Crippen molar-refractivity contribution in [1.29, 1.82) is 0 Å². The zero-order chi connectivity index (χ0) is 30.7. The van der Waals surface area contributed by atoms with Gasteiger partial charge < -0.3 is 36.4 Å². The van der Waals surface area contributed by atoms with E-state index in [0.717, 1.165) is 0 Å². The Hall–Kier alpha value is -4.04. The highest BCUT2D eigenvalue weighted by Gasteiger charge is 2.25. The molecule has 3 amide bonds. The summed E-state index contributed by atoms with van der Waals surface area (Å²) in [6.45, 7) is 1.63. The molecule has 0 spiro atoms. The summed E-state index contributed by atoms with van der Waals surface area (Å²) >= 11 is 0. The fourth-order valence-corrected chi connectivity index (χ4v) is 3.63. The van der Waals surface area contributed by atoms with Gasteiger partial charge in [0.05, 0.1) is 6.04 Å². The van der Waals surface area contributed by atoms with Gasteiger partial charge in [-0.2, -0.15) is 0 Å². The van der Waals surface area contributed by atoms with Gasteiger partial charge in [-0.05, 0) is 32.1 Å².